The highest BCUT2D eigenvalue weighted by Crippen LogP contribution is 2.39. The number of aryl methyl sites for hydroxylation is 1. The Morgan fingerprint density at radius 3 is 2.62 bits per heavy atom. The maximum Gasteiger partial charge on any atom is 0.133 e. The van der Waals surface area contributed by atoms with Crippen LogP contribution in [0.25, 0.3) is 0 Å². The Morgan fingerprint density at radius 1 is 1.44 bits per heavy atom. The lowest BCUT2D eigenvalue weighted by atomic mass is 9.78. The van der Waals surface area contributed by atoms with Gasteiger partial charge in [0, 0.05) is 24.6 Å². The van der Waals surface area contributed by atoms with E-state index in [0.717, 1.165) is 5.56 Å². The summed E-state index contributed by atoms with van der Waals surface area (Å²) in [6.45, 7) is 1.90. The van der Waals surface area contributed by atoms with Gasteiger partial charge in [-0.05, 0) is 31.4 Å². The number of carbonyl (C=O) groups is 1. The SMILES string of the molecule is Cc1ccnc(N)c1C1(O)CCC(=O)CC1. The summed E-state index contributed by atoms with van der Waals surface area (Å²) in [5.41, 5.74) is 6.47. The molecule has 4 heteroatoms. The molecule has 2 rings (SSSR count). The van der Waals surface area contributed by atoms with Crippen molar-refractivity contribution in [3.8, 4) is 0 Å². The summed E-state index contributed by atoms with van der Waals surface area (Å²) < 4.78 is 0. The van der Waals surface area contributed by atoms with Crippen LogP contribution in [0.5, 0.6) is 0 Å². The van der Waals surface area contributed by atoms with Crippen LogP contribution in [-0.2, 0) is 10.4 Å². The fourth-order valence-electron chi connectivity index (χ4n) is 2.38. The van der Waals surface area contributed by atoms with E-state index in [-0.39, 0.29) is 5.78 Å². The number of hydrogen-bond donors (Lipinski definition) is 2. The van der Waals surface area contributed by atoms with Crippen molar-refractivity contribution in [2.45, 2.75) is 38.2 Å². The van der Waals surface area contributed by atoms with E-state index in [1.54, 1.807) is 6.20 Å². The van der Waals surface area contributed by atoms with E-state index < -0.39 is 5.60 Å². The van der Waals surface area contributed by atoms with Gasteiger partial charge in [-0.25, -0.2) is 4.98 Å². The second-order valence-electron chi connectivity index (χ2n) is 4.46. The number of nitrogen functional groups attached to an aromatic ring is 1. The van der Waals surface area contributed by atoms with Crippen LogP contribution >= 0.6 is 0 Å². The topological polar surface area (TPSA) is 76.2 Å². The largest absolute Gasteiger partial charge is 0.385 e. The van der Waals surface area contributed by atoms with Crippen molar-refractivity contribution in [1.82, 2.24) is 4.98 Å². The second-order valence-corrected chi connectivity index (χ2v) is 4.46. The molecule has 0 saturated heterocycles. The molecular formula is C12H16N2O2. The molecule has 1 aromatic rings. The molecule has 1 saturated carbocycles. The van der Waals surface area contributed by atoms with Crippen LogP contribution in [0.1, 0.15) is 36.8 Å². The average Bonchev–Trinajstić information content (AvgIpc) is 2.23. The summed E-state index contributed by atoms with van der Waals surface area (Å²) in [5, 5.41) is 10.5. The minimum absolute atomic E-state index is 0.213. The van der Waals surface area contributed by atoms with Crippen LogP contribution in [0.4, 0.5) is 5.82 Å². The lowest BCUT2D eigenvalue weighted by Gasteiger charge is -2.33. The predicted octanol–water partition coefficient (Wildman–Crippen LogP) is 1.30. The van der Waals surface area contributed by atoms with Crippen molar-refractivity contribution in [3.63, 3.8) is 0 Å². The normalized spacial score (nSPS) is 19.8. The van der Waals surface area contributed by atoms with Gasteiger partial charge in [-0.1, -0.05) is 0 Å². The molecule has 0 bridgehead atoms. The first-order chi connectivity index (χ1) is 7.53. The molecule has 1 fully saturated rings. The number of aromatic nitrogens is 1. The molecule has 1 aliphatic carbocycles. The number of rotatable bonds is 1. The number of ketones is 1. The zero-order valence-corrected chi connectivity index (χ0v) is 9.36. The van der Waals surface area contributed by atoms with Crippen LogP contribution in [0.3, 0.4) is 0 Å². The van der Waals surface area contributed by atoms with Crippen molar-refractivity contribution in [2.24, 2.45) is 0 Å². The lowest BCUT2D eigenvalue weighted by Crippen LogP contribution is -2.33. The summed E-state index contributed by atoms with van der Waals surface area (Å²) in [6, 6.07) is 1.83. The number of carbonyl (C=O) groups excluding carboxylic acids is 1. The fraction of sp³-hybridized carbons (Fsp3) is 0.500. The van der Waals surface area contributed by atoms with Gasteiger partial charge >= 0.3 is 0 Å². The summed E-state index contributed by atoms with van der Waals surface area (Å²) >= 11 is 0. The molecule has 0 spiro atoms. The predicted molar refractivity (Wildman–Crippen MR) is 60.8 cm³/mol. The number of hydrogen-bond acceptors (Lipinski definition) is 4. The van der Waals surface area contributed by atoms with Gasteiger partial charge in [-0.2, -0.15) is 0 Å². The third-order valence-electron chi connectivity index (χ3n) is 3.29. The molecule has 0 unspecified atom stereocenters. The minimum Gasteiger partial charge on any atom is -0.385 e. The van der Waals surface area contributed by atoms with E-state index in [2.05, 4.69) is 4.98 Å². The second kappa shape index (κ2) is 3.87. The van der Waals surface area contributed by atoms with Gasteiger partial charge in [0.1, 0.15) is 11.6 Å². The number of Topliss-reactive ketones (excluding diaryl/α,β-unsaturated/α-hetero) is 1. The lowest BCUT2D eigenvalue weighted by molar-refractivity contribution is -0.125. The van der Waals surface area contributed by atoms with E-state index in [0.29, 0.717) is 37.1 Å². The Labute approximate surface area is 94.5 Å². The molecule has 0 atom stereocenters. The molecule has 4 nitrogen and oxygen atoms in total. The van der Waals surface area contributed by atoms with E-state index >= 15 is 0 Å². The zero-order chi connectivity index (χ0) is 11.8. The molecule has 1 heterocycles. The van der Waals surface area contributed by atoms with Gasteiger partial charge in [0.05, 0.1) is 5.60 Å². The summed E-state index contributed by atoms with van der Waals surface area (Å²) in [5.74, 6) is 0.585. The van der Waals surface area contributed by atoms with Crippen LogP contribution in [0.2, 0.25) is 0 Å². The van der Waals surface area contributed by atoms with E-state index in [1.165, 1.54) is 0 Å². The average molecular weight is 220 g/mol. The molecule has 3 N–H and O–H groups in total. The number of nitrogens with two attached hydrogens (primary N) is 1. The van der Waals surface area contributed by atoms with Gasteiger partial charge in [0.2, 0.25) is 0 Å². The Bertz CT molecular complexity index is 399. The number of aliphatic hydroxyl groups is 1. The summed E-state index contributed by atoms with van der Waals surface area (Å²) in [7, 11) is 0. The Kier molecular flexibility index (Phi) is 2.68. The number of pyridine rings is 1. The third kappa shape index (κ3) is 1.80. The van der Waals surface area contributed by atoms with Crippen molar-refractivity contribution in [2.75, 3.05) is 5.73 Å². The molecule has 86 valence electrons. The third-order valence-corrected chi connectivity index (χ3v) is 3.29. The van der Waals surface area contributed by atoms with Gasteiger partial charge < -0.3 is 10.8 Å². The molecule has 0 aliphatic heterocycles. The van der Waals surface area contributed by atoms with Crippen LogP contribution in [0, 0.1) is 6.92 Å². The van der Waals surface area contributed by atoms with Gasteiger partial charge in [0.25, 0.3) is 0 Å². The standard InChI is InChI=1S/C12H16N2O2/c1-8-4-7-14-11(13)10(8)12(16)5-2-9(15)3-6-12/h4,7,16H,2-3,5-6H2,1H3,(H2,13,14). The monoisotopic (exact) mass is 220 g/mol. The Balaban J connectivity index is 2.39. The van der Waals surface area contributed by atoms with Gasteiger partial charge in [0.15, 0.2) is 0 Å². The molecule has 0 amide bonds. The smallest absolute Gasteiger partial charge is 0.133 e. The van der Waals surface area contributed by atoms with Crippen LogP contribution < -0.4 is 5.73 Å². The van der Waals surface area contributed by atoms with Crippen LogP contribution in [-0.4, -0.2) is 15.9 Å². The fourth-order valence-corrected chi connectivity index (χ4v) is 2.38. The molecule has 0 aromatic carbocycles. The molecule has 1 aliphatic rings. The molecule has 16 heavy (non-hydrogen) atoms. The summed E-state index contributed by atoms with van der Waals surface area (Å²) in [6.07, 6.45) is 3.37. The van der Waals surface area contributed by atoms with Crippen molar-refractivity contribution in [1.29, 1.82) is 0 Å². The highest BCUT2D eigenvalue weighted by atomic mass is 16.3. The van der Waals surface area contributed by atoms with Gasteiger partial charge in [-0.3, -0.25) is 4.79 Å². The number of nitrogens with zero attached hydrogens (tertiary/aromatic N) is 1. The maximum absolute atomic E-state index is 11.2. The van der Waals surface area contributed by atoms with Crippen molar-refractivity contribution < 1.29 is 9.90 Å². The quantitative estimate of drug-likeness (QED) is 0.748. The highest BCUT2D eigenvalue weighted by molar-refractivity contribution is 5.79. The molecular weight excluding hydrogens is 204 g/mol. The van der Waals surface area contributed by atoms with E-state index in [4.69, 9.17) is 5.73 Å². The van der Waals surface area contributed by atoms with E-state index in [9.17, 15) is 9.90 Å². The first-order valence-electron chi connectivity index (χ1n) is 5.48. The zero-order valence-electron chi connectivity index (χ0n) is 9.36. The first-order valence-corrected chi connectivity index (χ1v) is 5.48. The van der Waals surface area contributed by atoms with Crippen molar-refractivity contribution in [3.05, 3.63) is 23.4 Å². The van der Waals surface area contributed by atoms with Crippen molar-refractivity contribution >= 4 is 11.6 Å². The highest BCUT2D eigenvalue weighted by Gasteiger charge is 2.36. The summed E-state index contributed by atoms with van der Waals surface area (Å²) in [4.78, 5) is 15.2. The minimum atomic E-state index is -0.976. The first kappa shape index (κ1) is 11.1. The Morgan fingerprint density at radius 2 is 2.06 bits per heavy atom. The van der Waals surface area contributed by atoms with Crippen LogP contribution in [0.15, 0.2) is 12.3 Å². The maximum atomic E-state index is 11.2. The van der Waals surface area contributed by atoms with Gasteiger partial charge in [-0.15, -0.1) is 0 Å². The molecule has 1 aromatic heterocycles. The van der Waals surface area contributed by atoms with E-state index in [1.807, 2.05) is 13.0 Å². The Hall–Kier alpha value is -1.42. The molecule has 0 radical (unpaired) electrons. The number of anilines is 1.